The molecule has 2 heteroatoms. The van der Waals surface area contributed by atoms with E-state index in [2.05, 4.69) is 12.1 Å². The molecule has 0 aliphatic rings. The lowest BCUT2D eigenvalue weighted by Gasteiger charge is -2.05. The number of aryl methyl sites for hydroxylation is 1. The Labute approximate surface area is 94.3 Å². The van der Waals surface area contributed by atoms with Crippen molar-refractivity contribution in [3.63, 3.8) is 0 Å². The first-order chi connectivity index (χ1) is 7.31. The molecule has 2 rings (SSSR count). The number of fused-ring (bicyclic) bond motifs is 1. The molecule has 0 spiro atoms. The summed E-state index contributed by atoms with van der Waals surface area (Å²) in [5.74, 6) is 0. The van der Waals surface area contributed by atoms with Gasteiger partial charge < -0.3 is 5.11 Å². The predicted octanol–water partition coefficient (Wildman–Crippen LogP) is 3.42. The first-order valence-corrected chi connectivity index (χ1v) is 5.47. The minimum absolute atomic E-state index is 0.240. The number of benzene rings is 2. The average Bonchev–Trinajstić information content (AvgIpc) is 2.25. The summed E-state index contributed by atoms with van der Waals surface area (Å²) in [5, 5.41) is 12.0. The Morgan fingerprint density at radius 3 is 2.80 bits per heavy atom. The van der Waals surface area contributed by atoms with E-state index < -0.39 is 0 Å². The molecule has 1 N–H and O–H groups in total. The molecule has 0 amide bonds. The third kappa shape index (κ3) is 2.31. The molecule has 0 bridgehead atoms. The molecule has 0 heterocycles. The van der Waals surface area contributed by atoms with Crippen LogP contribution in [0.1, 0.15) is 12.0 Å². The Balaban J connectivity index is 2.46. The van der Waals surface area contributed by atoms with Crippen LogP contribution in [-0.2, 0) is 6.42 Å². The van der Waals surface area contributed by atoms with E-state index in [1.54, 1.807) is 0 Å². The highest BCUT2D eigenvalue weighted by Gasteiger charge is 2.00. The van der Waals surface area contributed by atoms with Crippen molar-refractivity contribution in [1.29, 1.82) is 0 Å². The van der Waals surface area contributed by atoms with Gasteiger partial charge in [0.15, 0.2) is 0 Å². The zero-order chi connectivity index (χ0) is 10.7. The van der Waals surface area contributed by atoms with E-state index in [9.17, 15) is 0 Å². The molecule has 0 saturated carbocycles. The zero-order valence-electron chi connectivity index (χ0n) is 8.41. The van der Waals surface area contributed by atoms with E-state index in [-0.39, 0.29) is 6.61 Å². The van der Waals surface area contributed by atoms with E-state index in [0.717, 1.165) is 23.3 Å². The maximum absolute atomic E-state index is 8.82. The monoisotopic (exact) mass is 220 g/mol. The number of hydrogen-bond donors (Lipinski definition) is 1. The van der Waals surface area contributed by atoms with Crippen LogP contribution in [0, 0.1) is 0 Å². The molecule has 0 radical (unpaired) electrons. The largest absolute Gasteiger partial charge is 0.396 e. The second kappa shape index (κ2) is 4.65. The lowest BCUT2D eigenvalue weighted by molar-refractivity contribution is 0.289. The second-order valence-corrected chi connectivity index (χ2v) is 4.05. The summed E-state index contributed by atoms with van der Waals surface area (Å²) in [7, 11) is 0. The van der Waals surface area contributed by atoms with Crippen molar-refractivity contribution < 1.29 is 5.11 Å². The minimum atomic E-state index is 0.240. The summed E-state index contributed by atoms with van der Waals surface area (Å²) in [5.41, 5.74) is 1.28. The van der Waals surface area contributed by atoms with Crippen molar-refractivity contribution in [3.05, 3.63) is 47.0 Å². The van der Waals surface area contributed by atoms with Crippen LogP contribution in [0.5, 0.6) is 0 Å². The number of rotatable bonds is 3. The lowest BCUT2D eigenvalue weighted by atomic mass is 10.0. The molecule has 0 unspecified atom stereocenters. The Morgan fingerprint density at radius 1 is 1.13 bits per heavy atom. The second-order valence-electron chi connectivity index (χ2n) is 3.61. The van der Waals surface area contributed by atoms with Crippen molar-refractivity contribution in [1.82, 2.24) is 0 Å². The first-order valence-electron chi connectivity index (χ1n) is 5.09. The van der Waals surface area contributed by atoms with Crippen molar-refractivity contribution in [2.24, 2.45) is 0 Å². The number of aliphatic hydroxyl groups is 1. The Hall–Kier alpha value is -1.05. The van der Waals surface area contributed by atoms with Crippen LogP contribution < -0.4 is 0 Å². The molecule has 0 saturated heterocycles. The molecule has 15 heavy (non-hydrogen) atoms. The van der Waals surface area contributed by atoms with Gasteiger partial charge in [-0.25, -0.2) is 0 Å². The summed E-state index contributed by atoms with van der Waals surface area (Å²) in [6.45, 7) is 0.240. The topological polar surface area (TPSA) is 20.2 Å². The van der Waals surface area contributed by atoms with E-state index >= 15 is 0 Å². The normalized spacial score (nSPS) is 10.8. The van der Waals surface area contributed by atoms with Gasteiger partial charge in [-0.05, 0) is 41.3 Å². The van der Waals surface area contributed by atoms with Gasteiger partial charge in [0.1, 0.15) is 0 Å². The molecule has 0 fully saturated rings. The molecular formula is C13H13ClO. The van der Waals surface area contributed by atoms with Crippen LogP contribution in [0.25, 0.3) is 10.8 Å². The molecule has 78 valence electrons. The van der Waals surface area contributed by atoms with Crippen molar-refractivity contribution in [2.45, 2.75) is 12.8 Å². The van der Waals surface area contributed by atoms with E-state index in [0.29, 0.717) is 0 Å². The van der Waals surface area contributed by atoms with E-state index in [1.165, 1.54) is 10.9 Å². The fraction of sp³-hybridized carbons (Fsp3) is 0.231. The van der Waals surface area contributed by atoms with Gasteiger partial charge in [-0.2, -0.15) is 0 Å². The third-order valence-corrected chi connectivity index (χ3v) is 2.77. The zero-order valence-corrected chi connectivity index (χ0v) is 9.17. The van der Waals surface area contributed by atoms with Crippen molar-refractivity contribution in [3.8, 4) is 0 Å². The third-order valence-electron chi connectivity index (χ3n) is 2.54. The number of halogens is 1. The highest BCUT2D eigenvalue weighted by molar-refractivity contribution is 6.31. The minimum Gasteiger partial charge on any atom is -0.396 e. The van der Waals surface area contributed by atoms with Crippen LogP contribution in [0.15, 0.2) is 36.4 Å². The highest BCUT2D eigenvalue weighted by Crippen LogP contribution is 2.23. The summed E-state index contributed by atoms with van der Waals surface area (Å²) in [6, 6.07) is 12.1. The van der Waals surface area contributed by atoms with Gasteiger partial charge in [-0.15, -0.1) is 0 Å². The summed E-state index contributed by atoms with van der Waals surface area (Å²) in [6.07, 6.45) is 1.72. The van der Waals surface area contributed by atoms with Crippen molar-refractivity contribution >= 4 is 22.4 Å². The van der Waals surface area contributed by atoms with Gasteiger partial charge in [0.05, 0.1) is 0 Å². The smallest absolute Gasteiger partial charge is 0.0434 e. The van der Waals surface area contributed by atoms with Crippen LogP contribution in [-0.4, -0.2) is 11.7 Å². The van der Waals surface area contributed by atoms with Gasteiger partial charge >= 0.3 is 0 Å². The number of aliphatic hydroxyl groups excluding tert-OH is 1. The molecule has 0 atom stereocenters. The van der Waals surface area contributed by atoms with Crippen LogP contribution >= 0.6 is 11.6 Å². The Kier molecular flexibility index (Phi) is 3.24. The maximum atomic E-state index is 8.82. The standard InChI is InChI=1S/C13H13ClO/c14-12-6-7-13-10(5-2-8-15)3-1-4-11(13)9-12/h1,3-4,6-7,9,15H,2,5,8H2. The fourth-order valence-corrected chi connectivity index (χ4v) is 1.99. The molecular weight excluding hydrogens is 208 g/mol. The summed E-state index contributed by atoms with van der Waals surface area (Å²) >= 11 is 5.94. The quantitative estimate of drug-likeness (QED) is 0.841. The molecule has 2 aromatic rings. The highest BCUT2D eigenvalue weighted by atomic mass is 35.5. The fourth-order valence-electron chi connectivity index (χ4n) is 1.81. The van der Waals surface area contributed by atoms with E-state index in [4.69, 9.17) is 16.7 Å². The predicted molar refractivity (Wildman–Crippen MR) is 64.4 cm³/mol. The lowest BCUT2D eigenvalue weighted by Crippen LogP contribution is -1.90. The Morgan fingerprint density at radius 2 is 2.00 bits per heavy atom. The molecule has 0 aliphatic heterocycles. The van der Waals surface area contributed by atoms with Crippen LogP contribution in [0.4, 0.5) is 0 Å². The van der Waals surface area contributed by atoms with Crippen LogP contribution in [0.2, 0.25) is 5.02 Å². The first kappa shape index (κ1) is 10.5. The average molecular weight is 221 g/mol. The summed E-state index contributed by atoms with van der Waals surface area (Å²) in [4.78, 5) is 0. The van der Waals surface area contributed by atoms with Gasteiger partial charge in [0.2, 0.25) is 0 Å². The molecule has 2 aromatic carbocycles. The molecule has 1 nitrogen and oxygen atoms in total. The maximum Gasteiger partial charge on any atom is 0.0434 e. The van der Waals surface area contributed by atoms with Gasteiger partial charge in [-0.1, -0.05) is 35.9 Å². The summed E-state index contributed by atoms with van der Waals surface area (Å²) < 4.78 is 0. The van der Waals surface area contributed by atoms with Crippen molar-refractivity contribution in [2.75, 3.05) is 6.61 Å². The van der Waals surface area contributed by atoms with Gasteiger partial charge in [-0.3, -0.25) is 0 Å². The van der Waals surface area contributed by atoms with Crippen LogP contribution in [0.3, 0.4) is 0 Å². The van der Waals surface area contributed by atoms with E-state index in [1.807, 2.05) is 24.3 Å². The van der Waals surface area contributed by atoms with Gasteiger partial charge in [0, 0.05) is 11.6 Å². The number of hydrogen-bond acceptors (Lipinski definition) is 1. The molecule has 0 aliphatic carbocycles. The molecule has 0 aromatic heterocycles. The SMILES string of the molecule is OCCCc1cccc2cc(Cl)ccc12. The Bertz CT molecular complexity index is 465. The van der Waals surface area contributed by atoms with Gasteiger partial charge in [0.25, 0.3) is 0 Å².